The summed E-state index contributed by atoms with van der Waals surface area (Å²) < 4.78 is 16.2. The number of carbonyl (C=O) groups excluding carboxylic acids is 1. The lowest BCUT2D eigenvalue weighted by atomic mass is 9.96. The van der Waals surface area contributed by atoms with Crippen molar-refractivity contribution in [3.8, 4) is 11.5 Å². The molecule has 0 atom stereocenters. The molecule has 0 saturated heterocycles. The number of benzene rings is 2. The Labute approximate surface area is 246 Å². The lowest BCUT2D eigenvalue weighted by Gasteiger charge is -2.20. The minimum absolute atomic E-state index is 0.151. The van der Waals surface area contributed by atoms with Crippen LogP contribution >= 0.6 is 0 Å². The molecule has 0 amide bonds. The third-order valence-corrected chi connectivity index (χ3v) is 8.22. The summed E-state index contributed by atoms with van der Waals surface area (Å²) in [6, 6.07) is 15.9. The fourth-order valence-corrected chi connectivity index (χ4v) is 5.86. The fraction of sp³-hybridized carbons (Fsp3) is 0.424. The largest absolute Gasteiger partial charge is 0.487 e. The maximum absolute atomic E-state index is 13.2. The molecule has 9 heteroatoms. The van der Waals surface area contributed by atoms with E-state index in [1.165, 1.54) is 38.5 Å². The van der Waals surface area contributed by atoms with E-state index < -0.39 is 0 Å². The van der Waals surface area contributed by atoms with Crippen LogP contribution in [0.4, 0.5) is 0 Å². The molecule has 2 fully saturated rings. The van der Waals surface area contributed by atoms with Gasteiger partial charge >= 0.3 is 0 Å². The van der Waals surface area contributed by atoms with Crippen molar-refractivity contribution in [1.82, 2.24) is 30.0 Å². The zero-order valence-corrected chi connectivity index (χ0v) is 24.0. The van der Waals surface area contributed by atoms with Crippen LogP contribution in [-0.2, 0) is 13.2 Å². The van der Waals surface area contributed by atoms with Crippen LogP contribution in [0, 0.1) is 0 Å². The summed E-state index contributed by atoms with van der Waals surface area (Å²) in [6.07, 6.45) is 19.4. The van der Waals surface area contributed by atoms with E-state index in [9.17, 15) is 4.79 Å². The maximum Gasteiger partial charge on any atom is 0.189 e. The van der Waals surface area contributed by atoms with E-state index in [2.05, 4.69) is 20.6 Å². The molecule has 6 rings (SSSR count). The molecule has 2 heterocycles. The summed E-state index contributed by atoms with van der Waals surface area (Å²) in [4.78, 5) is 13.2. The Bertz CT molecular complexity index is 1480. The number of ketones is 1. The fourth-order valence-electron chi connectivity index (χ4n) is 5.86. The average Bonchev–Trinajstić information content (AvgIpc) is 3.73. The molecule has 0 aliphatic heterocycles. The third-order valence-electron chi connectivity index (χ3n) is 8.22. The topological polar surface area (TPSA) is 97.0 Å². The Morgan fingerprint density at radius 2 is 1.36 bits per heavy atom. The van der Waals surface area contributed by atoms with E-state index in [0.717, 1.165) is 42.6 Å². The van der Waals surface area contributed by atoms with Crippen LogP contribution in [0.15, 0.2) is 67.0 Å². The van der Waals surface area contributed by atoms with Crippen LogP contribution in [0.5, 0.6) is 11.5 Å². The van der Waals surface area contributed by atoms with E-state index in [-0.39, 0.29) is 19.0 Å². The predicted molar refractivity (Wildman–Crippen MR) is 159 cm³/mol. The Hall–Kier alpha value is -4.27. The molecule has 2 aliphatic rings. The Kier molecular flexibility index (Phi) is 9.02. The Morgan fingerprint density at radius 1 is 0.762 bits per heavy atom. The van der Waals surface area contributed by atoms with Crippen LogP contribution in [0.2, 0.25) is 0 Å². The van der Waals surface area contributed by atoms with E-state index in [4.69, 9.17) is 9.47 Å². The predicted octanol–water partition coefficient (Wildman–Crippen LogP) is 6.93. The number of allylic oxidation sites excluding steroid dienone is 1. The van der Waals surface area contributed by atoms with Crippen molar-refractivity contribution in [2.24, 2.45) is 0 Å². The summed E-state index contributed by atoms with van der Waals surface area (Å²) in [5.74, 6) is 0.877. The van der Waals surface area contributed by atoms with Gasteiger partial charge in [-0.15, -0.1) is 10.2 Å². The second-order valence-electron chi connectivity index (χ2n) is 11.3. The third kappa shape index (κ3) is 7.13. The maximum atomic E-state index is 13.2. The highest BCUT2D eigenvalue weighted by Crippen LogP contribution is 2.30. The molecule has 9 nitrogen and oxygen atoms in total. The van der Waals surface area contributed by atoms with Gasteiger partial charge in [0.2, 0.25) is 0 Å². The van der Waals surface area contributed by atoms with Gasteiger partial charge in [-0.3, -0.25) is 4.79 Å². The Balaban J connectivity index is 1.16. The molecule has 0 bridgehead atoms. The molecule has 0 spiro atoms. The highest BCUT2D eigenvalue weighted by atomic mass is 16.5. The van der Waals surface area contributed by atoms with Crippen molar-refractivity contribution >= 4 is 11.9 Å². The molecule has 2 aromatic heterocycles. The van der Waals surface area contributed by atoms with Gasteiger partial charge in [0, 0.05) is 6.07 Å². The molecule has 0 unspecified atom stereocenters. The van der Waals surface area contributed by atoms with Gasteiger partial charge in [0.25, 0.3) is 0 Å². The minimum atomic E-state index is -0.151. The van der Waals surface area contributed by atoms with Crippen molar-refractivity contribution in [3.05, 3.63) is 89.5 Å². The summed E-state index contributed by atoms with van der Waals surface area (Å²) >= 11 is 0. The molecule has 218 valence electrons. The van der Waals surface area contributed by atoms with E-state index in [0.29, 0.717) is 29.1 Å². The normalized spacial score (nSPS) is 16.6. The number of carbonyl (C=O) groups is 1. The highest BCUT2D eigenvalue weighted by Gasteiger charge is 2.19. The van der Waals surface area contributed by atoms with Gasteiger partial charge < -0.3 is 9.47 Å². The first-order valence-electron chi connectivity index (χ1n) is 15.2. The summed E-state index contributed by atoms with van der Waals surface area (Å²) in [5.41, 5.74) is 2.91. The van der Waals surface area contributed by atoms with E-state index in [1.54, 1.807) is 24.3 Å². The SMILES string of the molecule is O=C(/C=C/c1ccccc1)c1ccc(OCc2cn(C3CCCCC3)nn2)cc1OCc1cn(C2CCCCC2)nn1. The second-order valence-corrected chi connectivity index (χ2v) is 11.3. The monoisotopic (exact) mass is 566 g/mol. The quantitative estimate of drug-likeness (QED) is 0.143. The number of ether oxygens (including phenoxy) is 2. The molecule has 0 N–H and O–H groups in total. The van der Waals surface area contributed by atoms with Gasteiger partial charge in [0.05, 0.1) is 30.0 Å². The van der Waals surface area contributed by atoms with Crippen LogP contribution in [0.1, 0.15) is 104 Å². The standard InChI is InChI=1S/C33H38N6O3/c40-32(19-16-25-10-4-1-5-11-25)31-18-17-30(41-23-26-21-38(36-34-26)28-12-6-2-7-13-28)20-33(31)42-24-27-22-39(37-35-27)29-14-8-3-9-15-29/h1,4-5,10-11,16-22,28-29H,2-3,6-9,12-15,23-24H2/b19-16+. The van der Waals surface area contributed by atoms with Gasteiger partial charge in [0.15, 0.2) is 5.78 Å². The Morgan fingerprint density at radius 3 is 1.98 bits per heavy atom. The van der Waals surface area contributed by atoms with Gasteiger partial charge in [-0.25, -0.2) is 9.36 Å². The smallest absolute Gasteiger partial charge is 0.189 e. The number of aromatic nitrogens is 6. The van der Waals surface area contributed by atoms with Crippen LogP contribution in [-0.4, -0.2) is 35.8 Å². The molecular formula is C33H38N6O3. The van der Waals surface area contributed by atoms with Crippen LogP contribution < -0.4 is 9.47 Å². The number of nitrogens with zero attached hydrogens (tertiary/aromatic N) is 6. The zero-order chi connectivity index (χ0) is 28.6. The van der Waals surface area contributed by atoms with Gasteiger partial charge in [-0.05, 0) is 49.5 Å². The van der Waals surface area contributed by atoms with Crippen molar-refractivity contribution < 1.29 is 14.3 Å². The van der Waals surface area contributed by atoms with Gasteiger partial charge in [-0.2, -0.15) is 0 Å². The summed E-state index contributed by atoms with van der Waals surface area (Å²) in [6.45, 7) is 0.484. The lowest BCUT2D eigenvalue weighted by Crippen LogP contribution is -2.13. The highest BCUT2D eigenvalue weighted by molar-refractivity contribution is 6.08. The molecule has 0 radical (unpaired) electrons. The van der Waals surface area contributed by atoms with Crippen LogP contribution in [0.25, 0.3) is 6.08 Å². The zero-order valence-electron chi connectivity index (χ0n) is 24.0. The van der Waals surface area contributed by atoms with Crippen molar-refractivity contribution in [1.29, 1.82) is 0 Å². The van der Waals surface area contributed by atoms with Gasteiger partial charge in [-0.1, -0.05) is 85.4 Å². The number of hydrogen-bond acceptors (Lipinski definition) is 7. The first-order valence-corrected chi connectivity index (χ1v) is 15.2. The molecule has 2 aliphatic carbocycles. The van der Waals surface area contributed by atoms with Gasteiger partial charge in [0.1, 0.15) is 36.1 Å². The van der Waals surface area contributed by atoms with Crippen molar-refractivity contribution in [2.75, 3.05) is 0 Å². The summed E-state index contributed by atoms with van der Waals surface area (Å²) in [5, 5.41) is 17.4. The minimum Gasteiger partial charge on any atom is -0.487 e. The molecule has 4 aromatic rings. The summed E-state index contributed by atoms with van der Waals surface area (Å²) in [7, 11) is 0. The van der Waals surface area contributed by atoms with Crippen molar-refractivity contribution in [3.63, 3.8) is 0 Å². The first kappa shape index (κ1) is 27.9. The first-order chi connectivity index (χ1) is 20.7. The van der Waals surface area contributed by atoms with Crippen LogP contribution in [0.3, 0.4) is 0 Å². The second kappa shape index (κ2) is 13.6. The number of hydrogen-bond donors (Lipinski definition) is 0. The molecule has 42 heavy (non-hydrogen) atoms. The molecular weight excluding hydrogens is 528 g/mol. The molecule has 2 aromatic carbocycles. The number of rotatable bonds is 11. The average molecular weight is 567 g/mol. The van der Waals surface area contributed by atoms with Crippen molar-refractivity contribution in [2.45, 2.75) is 89.5 Å². The van der Waals surface area contributed by atoms with E-state index >= 15 is 0 Å². The van der Waals surface area contributed by atoms with E-state index in [1.807, 2.05) is 58.2 Å². The molecule has 2 saturated carbocycles. The lowest BCUT2D eigenvalue weighted by molar-refractivity contribution is 0.104.